The molecule has 1 heterocycles. The quantitative estimate of drug-likeness (QED) is 0.579. The van der Waals surface area contributed by atoms with Crippen LogP contribution in [0.3, 0.4) is 0 Å². The largest absolute Gasteiger partial charge is 0.324 e. The Morgan fingerprint density at radius 3 is 2.09 bits per heavy atom. The highest BCUT2D eigenvalue weighted by Gasteiger charge is 2.32. The molecule has 1 atom stereocenters. The molecule has 1 amide bonds. The van der Waals surface area contributed by atoms with E-state index in [-0.39, 0.29) is 11.3 Å². The molecule has 8 nitrogen and oxygen atoms in total. The Morgan fingerprint density at radius 1 is 1.00 bits per heavy atom. The first-order chi connectivity index (χ1) is 15.5. The summed E-state index contributed by atoms with van der Waals surface area (Å²) in [5.74, 6) is -0.524. The van der Waals surface area contributed by atoms with Crippen LogP contribution in [0.15, 0.2) is 53.4 Å². The van der Waals surface area contributed by atoms with Gasteiger partial charge >= 0.3 is 0 Å². The van der Waals surface area contributed by atoms with Crippen molar-refractivity contribution in [1.82, 2.24) is 4.31 Å². The molecule has 2 aromatic carbocycles. The van der Waals surface area contributed by atoms with E-state index >= 15 is 0 Å². The average molecular weight is 514 g/mol. The van der Waals surface area contributed by atoms with Gasteiger partial charge in [0.2, 0.25) is 26.0 Å². The molecule has 3 rings (SSSR count). The summed E-state index contributed by atoms with van der Waals surface area (Å²) in [4.78, 5) is 13.2. The van der Waals surface area contributed by atoms with E-state index in [9.17, 15) is 21.6 Å². The third-order valence-electron chi connectivity index (χ3n) is 5.49. The highest BCUT2D eigenvalue weighted by atomic mass is 35.5. The molecular weight excluding hydrogens is 486 g/mol. The van der Waals surface area contributed by atoms with Crippen LogP contribution in [0.5, 0.6) is 0 Å². The second-order valence-electron chi connectivity index (χ2n) is 7.94. The number of benzene rings is 2. The molecule has 1 saturated heterocycles. The van der Waals surface area contributed by atoms with Crippen molar-refractivity contribution >= 4 is 48.9 Å². The van der Waals surface area contributed by atoms with Gasteiger partial charge in [-0.15, -0.1) is 0 Å². The van der Waals surface area contributed by atoms with Gasteiger partial charge < -0.3 is 5.32 Å². The first-order valence-corrected chi connectivity index (χ1v) is 14.4. The van der Waals surface area contributed by atoms with Crippen LogP contribution >= 0.6 is 11.6 Å². The average Bonchev–Trinajstić information content (AvgIpc) is 2.78. The van der Waals surface area contributed by atoms with Crippen LogP contribution in [-0.2, 0) is 24.8 Å². The normalized spacial score (nSPS) is 16.2. The predicted octanol–water partition coefficient (Wildman–Crippen LogP) is 3.70. The number of amides is 1. The summed E-state index contributed by atoms with van der Waals surface area (Å²) < 4.78 is 53.2. The van der Waals surface area contributed by atoms with Gasteiger partial charge in [0.05, 0.1) is 16.8 Å². The van der Waals surface area contributed by atoms with E-state index in [4.69, 9.17) is 11.6 Å². The minimum atomic E-state index is -3.77. The number of rotatable bonds is 8. The highest BCUT2D eigenvalue weighted by molar-refractivity contribution is 7.92. The maximum Gasteiger partial charge on any atom is 0.248 e. The maximum atomic E-state index is 13.0. The minimum Gasteiger partial charge on any atom is -0.324 e. The van der Waals surface area contributed by atoms with Crippen LogP contribution < -0.4 is 9.62 Å². The van der Waals surface area contributed by atoms with Gasteiger partial charge in [0, 0.05) is 23.8 Å². The first kappa shape index (κ1) is 25.5. The maximum absolute atomic E-state index is 13.0. The Hall–Kier alpha value is -2.14. The number of sulfonamides is 2. The Labute approximate surface area is 200 Å². The van der Waals surface area contributed by atoms with Crippen molar-refractivity contribution in [2.45, 2.75) is 43.5 Å². The summed E-state index contributed by atoms with van der Waals surface area (Å²) in [6.45, 7) is 2.72. The number of hydrogen-bond acceptors (Lipinski definition) is 5. The Kier molecular flexibility index (Phi) is 8.04. The molecule has 1 fully saturated rings. The smallest absolute Gasteiger partial charge is 0.248 e. The summed E-state index contributed by atoms with van der Waals surface area (Å²) in [6.07, 6.45) is 3.98. The topological polar surface area (TPSA) is 104 Å². The zero-order chi connectivity index (χ0) is 24.2. The van der Waals surface area contributed by atoms with Crippen molar-refractivity contribution in [3.63, 3.8) is 0 Å². The van der Waals surface area contributed by atoms with Crippen LogP contribution in [0.2, 0.25) is 5.02 Å². The number of piperidine rings is 1. The molecule has 0 aromatic heterocycles. The fourth-order valence-corrected chi connectivity index (χ4v) is 6.69. The number of nitrogens with zero attached hydrogens (tertiary/aromatic N) is 2. The monoisotopic (exact) mass is 513 g/mol. The van der Waals surface area contributed by atoms with E-state index < -0.39 is 32.0 Å². The van der Waals surface area contributed by atoms with Crippen molar-refractivity contribution in [3.8, 4) is 0 Å². The van der Waals surface area contributed by atoms with Gasteiger partial charge in [-0.05, 0) is 67.8 Å². The molecule has 0 spiro atoms. The van der Waals surface area contributed by atoms with Gasteiger partial charge in [-0.25, -0.2) is 16.8 Å². The lowest BCUT2D eigenvalue weighted by Gasteiger charge is -2.30. The number of carbonyl (C=O) groups is 1. The lowest BCUT2D eigenvalue weighted by Crippen LogP contribution is -2.47. The van der Waals surface area contributed by atoms with Gasteiger partial charge in [0.25, 0.3) is 0 Å². The van der Waals surface area contributed by atoms with Crippen LogP contribution in [0.4, 0.5) is 11.4 Å². The van der Waals surface area contributed by atoms with Gasteiger partial charge in [0.15, 0.2) is 0 Å². The molecule has 2 aromatic rings. The number of nitrogens with one attached hydrogen (secondary N) is 1. The SMILES string of the molecule is CC[C@H](C(=O)Nc1ccc(S(=O)(=O)N2CCCCC2)cc1)N(c1ccc(Cl)cc1)S(C)(=O)=O. The van der Waals surface area contributed by atoms with Crippen LogP contribution in [-0.4, -0.2) is 52.4 Å². The minimum absolute atomic E-state index is 0.161. The second kappa shape index (κ2) is 10.4. The van der Waals surface area contributed by atoms with Gasteiger partial charge in [-0.2, -0.15) is 4.31 Å². The summed E-state index contributed by atoms with van der Waals surface area (Å²) in [6, 6.07) is 11.1. The fraction of sp³-hybridized carbons (Fsp3) is 0.409. The van der Waals surface area contributed by atoms with Gasteiger partial charge in [-0.1, -0.05) is 24.9 Å². The van der Waals surface area contributed by atoms with E-state index in [0.717, 1.165) is 29.8 Å². The number of anilines is 2. The molecule has 1 aliphatic rings. The van der Waals surface area contributed by atoms with Crippen LogP contribution in [0.1, 0.15) is 32.6 Å². The number of halogens is 1. The van der Waals surface area contributed by atoms with E-state index in [1.165, 1.54) is 28.6 Å². The van der Waals surface area contributed by atoms with E-state index in [1.807, 2.05) is 0 Å². The molecule has 0 saturated carbocycles. The molecule has 1 aliphatic heterocycles. The summed E-state index contributed by atoms with van der Waals surface area (Å²) >= 11 is 5.92. The molecule has 1 N–H and O–H groups in total. The van der Waals surface area contributed by atoms with Crippen molar-refractivity contribution in [2.24, 2.45) is 0 Å². The molecule has 0 radical (unpaired) electrons. The van der Waals surface area contributed by atoms with Crippen molar-refractivity contribution in [1.29, 1.82) is 0 Å². The van der Waals surface area contributed by atoms with Crippen LogP contribution in [0.25, 0.3) is 0 Å². The van der Waals surface area contributed by atoms with Crippen LogP contribution in [0, 0.1) is 0 Å². The fourth-order valence-electron chi connectivity index (χ4n) is 3.84. The summed E-state index contributed by atoms with van der Waals surface area (Å²) in [5.41, 5.74) is 0.701. The summed E-state index contributed by atoms with van der Waals surface area (Å²) in [7, 11) is -7.35. The van der Waals surface area contributed by atoms with Gasteiger partial charge in [-0.3, -0.25) is 9.10 Å². The molecule has 11 heteroatoms. The lowest BCUT2D eigenvalue weighted by atomic mass is 10.2. The molecular formula is C22H28ClN3O5S2. The standard InChI is InChI=1S/C22H28ClN3O5S2/c1-3-21(26(32(2,28)29)19-11-7-17(23)8-12-19)22(27)24-18-9-13-20(14-10-18)33(30,31)25-15-5-4-6-16-25/h7-14,21H,3-6,15-16H2,1-2H3,(H,24,27)/t21-/m1/s1. The Morgan fingerprint density at radius 2 is 1.58 bits per heavy atom. The number of carbonyl (C=O) groups excluding carboxylic acids is 1. The molecule has 0 bridgehead atoms. The predicted molar refractivity (Wildman–Crippen MR) is 131 cm³/mol. The molecule has 0 unspecified atom stereocenters. The molecule has 33 heavy (non-hydrogen) atoms. The highest BCUT2D eigenvalue weighted by Crippen LogP contribution is 2.26. The van der Waals surface area contributed by atoms with Gasteiger partial charge in [0.1, 0.15) is 6.04 Å². The second-order valence-corrected chi connectivity index (χ2v) is 12.2. The van der Waals surface area contributed by atoms with Crippen molar-refractivity contribution in [2.75, 3.05) is 29.0 Å². The Bertz CT molecular complexity index is 1180. The van der Waals surface area contributed by atoms with Crippen molar-refractivity contribution < 1.29 is 21.6 Å². The summed E-state index contributed by atoms with van der Waals surface area (Å²) in [5, 5.41) is 3.15. The number of hydrogen-bond donors (Lipinski definition) is 1. The lowest BCUT2D eigenvalue weighted by molar-refractivity contribution is -0.117. The third kappa shape index (κ3) is 6.06. The third-order valence-corrected chi connectivity index (χ3v) is 8.83. The van der Waals surface area contributed by atoms with E-state index in [1.54, 1.807) is 31.2 Å². The Balaban J connectivity index is 1.80. The van der Waals surface area contributed by atoms with E-state index in [0.29, 0.717) is 29.5 Å². The zero-order valence-corrected chi connectivity index (χ0v) is 21.0. The zero-order valence-electron chi connectivity index (χ0n) is 18.6. The molecule has 180 valence electrons. The van der Waals surface area contributed by atoms with Crippen molar-refractivity contribution in [3.05, 3.63) is 53.6 Å². The van der Waals surface area contributed by atoms with E-state index in [2.05, 4.69) is 5.32 Å². The first-order valence-electron chi connectivity index (χ1n) is 10.7. The molecule has 0 aliphatic carbocycles.